The molecule has 0 amide bonds. The third kappa shape index (κ3) is 4.33. The average Bonchev–Trinajstić information content (AvgIpc) is 3.21. The molecule has 1 aromatic rings. The van der Waals surface area contributed by atoms with Gasteiger partial charge in [-0.05, 0) is 38.8 Å². The van der Waals surface area contributed by atoms with E-state index in [1.54, 1.807) is 6.92 Å². The molecule has 0 aromatic heterocycles. The summed E-state index contributed by atoms with van der Waals surface area (Å²) < 4.78 is 5.05. The SMILES string of the molecule is CCOC(=O)[C@@H](C#CC1CC1)Nc1ccc(C)cc1. The van der Waals surface area contributed by atoms with Gasteiger partial charge in [0.05, 0.1) is 6.61 Å². The van der Waals surface area contributed by atoms with Crippen LogP contribution in [0.3, 0.4) is 0 Å². The Morgan fingerprint density at radius 1 is 1.42 bits per heavy atom. The van der Waals surface area contributed by atoms with Crippen molar-refractivity contribution in [3.63, 3.8) is 0 Å². The Bertz CT molecular complexity index is 492. The van der Waals surface area contributed by atoms with Gasteiger partial charge in [-0.2, -0.15) is 0 Å². The number of nitrogens with one attached hydrogen (secondary N) is 1. The standard InChI is InChI=1S/C16H19NO2/c1-3-19-16(18)15(11-8-13-6-7-13)17-14-9-4-12(2)5-10-14/h4-5,9-10,13,15,17H,3,6-7H2,1-2H3/t15-/m1/s1. The number of carbonyl (C=O) groups is 1. The second-order valence-electron chi connectivity index (χ2n) is 4.76. The molecule has 3 nitrogen and oxygen atoms in total. The number of ether oxygens (including phenoxy) is 1. The maximum atomic E-state index is 11.9. The van der Waals surface area contributed by atoms with Gasteiger partial charge in [0.15, 0.2) is 6.04 Å². The molecule has 1 aromatic carbocycles. The zero-order valence-electron chi connectivity index (χ0n) is 11.4. The van der Waals surface area contributed by atoms with Crippen molar-refractivity contribution in [1.82, 2.24) is 0 Å². The van der Waals surface area contributed by atoms with Gasteiger partial charge < -0.3 is 10.1 Å². The van der Waals surface area contributed by atoms with E-state index in [4.69, 9.17) is 4.74 Å². The number of carbonyl (C=O) groups excluding carboxylic acids is 1. The summed E-state index contributed by atoms with van der Waals surface area (Å²) in [5.41, 5.74) is 2.07. The molecule has 0 unspecified atom stereocenters. The number of hydrogen-bond acceptors (Lipinski definition) is 3. The molecule has 100 valence electrons. The monoisotopic (exact) mass is 257 g/mol. The molecular formula is C16H19NO2. The fourth-order valence-corrected chi connectivity index (χ4v) is 1.62. The van der Waals surface area contributed by atoms with E-state index in [0.717, 1.165) is 18.5 Å². The van der Waals surface area contributed by atoms with Crippen LogP contribution in [0.4, 0.5) is 5.69 Å². The Kier molecular flexibility index (Phi) is 4.46. The van der Waals surface area contributed by atoms with E-state index in [0.29, 0.717) is 12.5 Å². The number of aryl methyl sites for hydroxylation is 1. The summed E-state index contributed by atoms with van der Waals surface area (Å²) in [6.07, 6.45) is 2.29. The molecular weight excluding hydrogens is 238 g/mol. The van der Waals surface area contributed by atoms with Gasteiger partial charge in [0.2, 0.25) is 0 Å². The lowest BCUT2D eigenvalue weighted by Crippen LogP contribution is -2.30. The zero-order chi connectivity index (χ0) is 13.7. The van der Waals surface area contributed by atoms with Crippen molar-refractivity contribution in [3.8, 4) is 11.8 Å². The third-order valence-electron chi connectivity index (χ3n) is 2.89. The first-order chi connectivity index (χ1) is 9.19. The summed E-state index contributed by atoms with van der Waals surface area (Å²) in [5.74, 6) is 6.27. The van der Waals surface area contributed by atoms with Crippen LogP contribution in [0.2, 0.25) is 0 Å². The predicted octanol–water partition coefficient (Wildman–Crippen LogP) is 2.75. The van der Waals surface area contributed by atoms with Crippen LogP contribution in [0.15, 0.2) is 24.3 Å². The molecule has 0 bridgehead atoms. The molecule has 1 fully saturated rings. The number of rotatable bonds is 4. The summed E-state index contributed by atoms with van der Waals surface area (Å²) in [6.45, 7) is 4.20. The van der Waals surface area contributed by atoms with Gasteiger partial charge in [0.1, 0.15) is 0 Å². The highest BCUT2D eigenvalue weighted by Gasteiger charge is 2.21. The molecule has 0 radical (unpaired) electrons. The van der Waals surface area contributed by atoms with E-state index < -0.39 is 6.04 Å². The van der Waals surface area contributed by atoms with Gasteiger partial charge in [-0.3, -0.25) is 0 Å². The highest BCUT2D eigenvalue weighted by Crippen LogP contribution is 2.27. The van der Waals surface area contributed by atoms with Gasteiger partial charge >= 0.3 is 5.97 Å². The molecule has 0 spiro atoms. The minimum Gasteiger partial charge on any atom is -0.464 e. The van der Waals surface area contributed by atoms with Crippen LogP contribution in [0.1, 0.15) is 25.3 Å². The van der Waals surface area contributed by atoms with Crippen LogP contribution in [-0.4, -0.2) is 18.6 Å². The Balaban J connectivity index is 2.06. The minimum atomic E-state index is -0.580. The lowest BCUT2D eigenvalue weighted by Gasteiger charge is -2.13. The molecule has 3 heteroatoms. The van der Waals surface area contributed by atoms with Gasteiger partial charge in [-0.1, -0.05) is 29.5 Å². The van der Waals surface area contributed by atoms with Crippen molar-refractivity contribution in [2.24, 2.45) is 5.92 Å². The maximum absolute atomic E-state index is 11.9. The quantitative estimate of drug-likeness (QED) is 0.666. The molecule has 1 saturated carbocycles. The normalized spacial score (nSPS) is 15.1. The molecule has 0 aliphatic heterocycles. The first kappa shape index (κ1) is 13.5. The Labute approximate surface area is 114 Å². The highest BCUT2D eigenvalue weighted by molar-refractivity contribution is 5.83. The number of anilines is 1. The fourth-order valence-electron chi connectivity index (χ4n) is 1.62. The van der Waals surface area contributed by atoms with Gasteiger partial charge in [-0.15, -0.1) is 0 Å². The molecule has 0 heterocycles. The van der Waals surface area contributed by atoms with Crippen molar-refractivity contribution in [3.05, 3.63) is 29.8 Å². The van der Waals surface area contributed by atoms with Crippen LogP contribution in [-0.2, 0) is 9.53 Å². The van der Waals surface area contributed by atoms with Gasteiger partial charge in [-0.25, -0.2) is 4.79 Å². The second kappa shape index (κ2) is 6.29. The summed E-state index contributed by atoms with van der Waals surface area (Å²) >= 11 is 0. The molecule has 2 rings (SSSR count). The minimum absolute atomic E-state index is 0.309. The van der Waals surface area contributed by atoms with E-state index in [1.807, 2.05) is 31.2 Å². The van der Waals surface area contributed by atoms with Crippen LogP contribution in [0, 0.1) is 24.7 Å². The van der Waals surface area contributed by atoms with Crippen LogP contribution in [0.25, 0.3) is 0 Å². The lowest BCUT2D eigenvalue weighted by atomic mass is 10.2. The van der Waals surface area contributed by atoms with Crippen LogP contribution >= 0.6 is 0 Å². The zero-order valence-corrected chi connectivity index (χ0v) is 11.4. The summed E-state index contributed by atoms with van der Waals surface area (Å²) in [5, 5.41) is 3.13. The third-order valence-corrected chi connectivity index (χ3v) is 2.89. The van der Waals surface area contributed by atoms with Crippen molar-refractivity contribution in [1.29, 1.82) is 0 Å². The Morgan fingerprint density at radius 3 is 2.68 bits per heavy atom. The van der Waals surface area contributed by atoms with Crippen molar-refractivity contribution < 1.29 is 9.53 Å². The Morgan fingerprint density at radius 2 is 2.11 bits per heavy atom. The van der Waals surface area contributed by atoms with Crippen molar-refractivity contribution >= 4 is 11.7 Å². The number of hydrogen-bond donors (Lipinski definition) is 1. The van der Waals surface area contributed by atoms with Gasteiger partial charge in [0, 0.05) is 11.6 Å². The molecule has 1 aliphatic rings. The van der Waals surface area contributed by atoms with E-state index in [9.17, 15) is 4.79 Å². The molecule has 1 aliphatic carbocycles. The fraction of sp³-hybridized carbons (Fsp3) is 0.438. The van der Waals surface area contributed by atoms with Crippen LogP contribution < -0.4 is 5.32 Å². The second-order valence-corrected chi connectivity index (χ2v) is 4.76. The number of esters is 1. The van der Waals surface area contributed by atoms with Crippen molar-refractivity contribution in [2.75, 3.05) is 11.9 Å². The maximum Gasteiger partial charge on any atom is 0.341 e. The van der Waals surface area contributed by atoms with E-state index in [2.05, 4.69) is 17.2 Å². The summed E-state index contributed by atoms with van der Waals surface area (Å²) in [4.78, 5) is 11.9. The average molecular weight is 257 g/mol. The van der Waals surface area contributed by atoms with E-state index in [1.165, 1.54) is 5.56 Å². The summed E-state index contributed by atoms with van der Waals surface area (Å²) in [6, 6.07) is 7.31. The highest BCUT2D eigenvalue weighted by atomic mass is 16.5. The van der Waals surface area contributed by atoms with E-state index in [-0.39, 0.29) is 5.97 Å². The lowest BCUT2D eigenvalue weighted by molar-refractivity contribution is -0.142. The van der Waals surface area contributed by atoms with Gasteiger partial charge in [0.25, 0.3) is 0 Å². The smallest absolute Gasteiger partial charge is 0.341 e. The first-order valence-electron chi connectivity index (χ1n) is 6.70. The molecule has 1 atom stereocenters. The van der Waals surface area contributed by atoms with Crippen LogP contribution in [0.5, 0.6) is 0 Å². The number of benzene rings is 1. The van der Waals surface area contributed by atoms with Crippen molar-refractivity contribution in [2.45, 2.75) is 32.7 Å². The molecule has 1 N–H and O–H groups in total. The predicted molar refractivity (Wildman–Crippen MR) is 75.7 cm³/mol. The van der Waals surface area contributed by atoms with E-state index >= 15 is 0 Å². The summed E-state index contributed by atoms with van der Waals surface area (Å²) in [7, 11) is 0. The molecule has 0 saturated heterocycles. The molecule has 19 heavy (non-hydrogen) atoms. The Hall–Kier alpha value is -1.95. The largest absolute Gasteiger partial charge is 0.464 e. The topological polar surface area (TPSA) is 38.3 Å². The first-order valence-corrected chi connectivity index (χ1v) is 6.70.